The molecule has 0 saturated carbocycles. The molecule has 2 unspecified atom stereocenters. The van der Waals surface area contributed by atoms with Crippen LogP contribution in [0.25, 0.3) is 0 Å². The van der Waals surface area contributed by atoms with Crippen LogP contribution < -0.4 is 4.89 Å². The van der Waals surface area contributed by atoms with Gasteiger partial charge in [0.05, 0.1) is 33.9 Å². The number of nitrogens with zero attached hydrogens (tertiary/aromatic N) is 1. The van der Waals surface area contributed by atoms with Crippen molar-refractivity contribution in [3.05, 3.63) is 85.1 Å². The molecule has 0 saturated heterocycles. The van der Waals surface area contributed by atoms with Crippen molar-refractivity contribution in [1.82, 2.24) is 0 Å². The highest BCUT2D eigenvalue weighted by Gasteiger charge is 2.21. The highest BCUT2D eigenvalue weighted by atomic mass is 31.2. The van der Waals surface area contributed by atoms with E-state index >= 15 is 0 Å². The fourth-order valence-electron chi connectivity index (χ4n) is 5.46. The number of aliphatic hydroxyl groups is 1. The Labute approximate surface area is 359 Å². The van der Waals surface area contributed by atoms with E-state index < -0.39 is 38.6 Å². The van der Waals surface area contributed by atoms with Crippen molar-refractivity contribution in [2.45, 2.75) is 161 Å². The Morgan fingerprint density at radius 3 is 1.85 bits per heavy atom. The van der Waals surface area contributed by atoms with Crippen molar-refractivity contribution in [1.29, 1.82) is 0 Å². The smallest absolute Gasteiger partial charge is 0.306 e. The van der Waals surface area contributed by atoms with E-state index in [1.807, 2.05) is 39.4 Å². The summed E-state index contributed by atoms with van der Waals surface area (Å²) in [4.78, 5) is 37.5. The molecule has 0 aliphatic carbocycles. The summed E-state index contributed by atoms with van der Waals surface area (Å²) in [6.45, 7) is 3.87. The molecule has 0 aromatic heterocycles. The van der Waals surface area contributed by atoms with Gasteiger partial charge in [0.1, 0.15) is 19.8 Å². The van der Waals surface area contributed by atoms with Crippen LogP contribution in [0.3, 0.4) is 0 Å². The summed E-state index contributed by atoms with van der Waals surface area (Å²) in [7, 11) is 1.04. The maximum Gasteiger partial charge on any atom is 0.306 e. The maximum atomic E-state index is 12.7. The van der Waals surface area contributed by atoms with Crippen molar-refractivity contribution >= 4 is 19.8 Å². The zero-order valence-electron chi connectivity index (χ0n) is 37.5. The first-order chi connectivity index (χ1) is 28.4. The third kappa shape index (κ3) is 43.1. The van der Waals surface area contributed by atoms with Crippen LogP contribution in [0.1, 0.15) is 149 Å². The van der Waals surface area contributed by atoms with Gasteiger partial charge in [-0.2, -0.15) is 0 Å². The van der Waals surface area contributed by atoms with Gasteiger partial charge < -0.3 is 33.0 Å². The Bertz CT molecular complexity index is 1300. The van der Waals surface area contributed by atoms with Gasteiger partial charge in [-0.3, -0.25) is 14.2 Å². The number of quaternary nitrogens is 1. The number of allylic oxidation sites excluding steroid dienone is 12. The first-order valence-electron chi connectivity index (χ1n) is 22.4. The minimum atomic E-state index is -4.68. The van der Waals surface area contributed by atoms with E-state index in [-0.39, 0.29) is 26.1 Å². The van der Waals surface area contributed by atoms with Gasteiger partial charge in [0, 0.05) is 12.8 Å². The van der Waals surface area contributed by atoms with Crippen molar-refractivity contribution in [3.8, 4) is 0 Å². The Morgan fingerprint density at radius 1 is 0.644 bits per heavy atom. The SMILES string of the molecule is CC/C=C\C/C=C\C/C=C\C/C=C\C=C/C(O)C/C=C\CCC(=O)O[C@H](COC(=O)CCCCCCC/C=C\CCCCCCCC)COP(=O)([O-])OCC[N+](C)(C)C. The maximum absolute atomic E-state index is 12.7. The van der Waals surface area contributed by atoms with Gasteiger partial charge in [-0.15, -0.1) is 0 Å². The Hall–Kier alpha value is -2.85. The van der Waals surface area contributed by atoms with E-state index in [1.165, 1.54) is 38.5 Å². The first kappa shape index (κ1) is 56.1. The summed E-state index contributed by atoms with van der Waals surface area (Å²) in [5.74, 6) is -1.03. The molecule has 3 atom stereocenters. The summed E-state index contributed by atoms with van der Waals surface area (Å²) < 4.78 is 33.7. The van der Waals surface area contributed by atoms with Gasteiger partial charge in [-0.05, 0) is 70.6 Å². The van der Waals surface area contributed by atoms with Gasteiger partial charge in [0.25, 0.3) is 7.82 Å². The Balaban J connectivity index is 4.61. The quantitative estimate of drug-likeness (QED) is 0.0160. The lowest BCUT2D eigenvalue weighted by molar-refractivity contribution is -0.870. The summed E-state index contributed by atoms with van der Waals surface area (Å²) in [6, 6.07) is 0. The fraction of sp³-hybridized carbons (Fsp3) is 0.667. The molecule has 0 aliphatic rings. The van der Waals surface area contributed by atoms with Crippen LogP contribution in [0, 0.1) is 0 Å². The Kier molecular flexibility index (Phi) is 37.4. The normalized spacial score (nSPS) is 14.9. The second-order valence-corrected chi connectivity index (χ2v) is 17.3. The number of carbonyl (C=O) groups is 2. The predicted molar refractivity (Wildman–Crippen MR) is 242 cm³/mol. The number of hydrogen-bond donors (Lipinski definition) is 1. The first-order valence-corrected chi connectivity index (χ1v) is 23.9. The van der Waals surface area contributed by atoms with Crippen molar-refractivity contribution in [2.75, 3.05) is 47.5 Å². The molecule has 0 heterocycles. The van der Waals surface area contributed by atoms with Crippen LogP contribution in [0.4, 0.5) is 0 Å². The highest BCUT2D eigenvalue weighted by Crippen LogP contribution is 2.38. The summed E-state index contributed by atoms with van der Waals surface area (Å²) in [5.41, 5.74) is 0. The van der Waals surface area contributed by atoms with Crippen molar-refractivity contribution < 1.29 is 47.2 Å². The zero-order valence-corrected chi connectivity index (χ0v) is 38.4. The number of ether oxygens (including phenoxy) is 2. The van der Waals surface area contributed by atoms with Crippen LogP contribution in [0.2, 0.25) is 0 Å². The average Bonchev–Trinajstić information content (AvgIpc) is 3.18. The molecule has 0 radical (unpaired) electrons. The van der Waals surface area contributed by atoms with E-state index in [2.05, 4.69) is 62.5 Å². The number of esters is 2. The molecule has 0 bridgehead atoms. The van der Waals surface area contributed by atoms with Crippen LogP contribution in [0.15, 0.2) is 85.1 Å². The molecule has 11 heteroatoms. The minimum absolute atomic E-state index is 0.0127. The van der Waals surface area contributed by atoms with E-state index in [4.69, 9.17) is 18.5 Å². The van der Waals surface area contributed by atoms with Crippen molar-refractivity contribution in [2.24, 2.45) is 0 Å². The Morgan fingerprint density at radius 2 is 1.22 bits per heavy atom. The molecule has 0 aromatic rings. The number of phosphoric acid groups is 1. The molecule has 338 valence electrons. The minimum Gasteiger partial charge on any atom is -0.756 e. The van der Waals surface area contributed by atoms with E-state index in [0.717, 1.165) is 64.2 Å². The topological polar surface area (TPSA) is 131 Å². The van der Waals surface area contributed by atoms with Gasteiger partial charge >= 0.3 is 11.9 Å². The second-order valence-electron chi connectivity index (χ2n) is 15.9. The van der Waals surface area contributed by atoms with Gasteiger partial charge in [-0.25, -0.2) is 0 Å². The molecule has 0 aromatic carbocycles. The third-order valence-electron chi connectivity index (χ3n) is 8.99. The molecule has 59 heavy (non-hydrogen) atoms. The van der Waals surface area contributed by atoms with Crippen LogP contribution >= 0.6 is 7.82 Å². The number of phosphoric ester groups is 1. The average molecular weight is 848 g/mol. The molecule has 1 N–H and O–H groups in total. The fourth-order valence-corrected chi connectivity index (χ4v) is 6.19. The monoisotopic (exact) mass is 848 g/mol. The van der Waals surface area contributed by atoms with E-state index in [1.54, 1.807) is 18.2 Å². The molecule has 0 aliphatic heterocycles. The number of unbranched alkanes of at least 4 members (excludes halogenated alkanes) is 11. The molecule has 0 amide bonds. The summed E-state index contributed by atoms with van der Waals surface area (Å²) >= 11 is 0. The predicted octanol–water partition coefficient (Wildman–Crippen LogP) is 11.1. The summed E-state index contributed by atoms with van der Waals surface area (Å²) in [5, 5.41) is 10.2. The molecule has 0 rings (SSSR count). The lowest BCUT2D eigenvalue weighted by Crippen LogP contribution is -2.37. The van der Waals surface area contributed by atoms with Gasteiger partial charge in [-0.1, -0.05) is 150 Å². The van der Waals surface area contributed by atoms with Crippen LogP contribution in [0.5, 0.6) is 0 Å². The van der Waals surface area contributed by atoms with Crippen LogP contribution in [-0.4, -0.2) is 81.2 Å². The zero-order chi connectivity index (χ0) is 43.7. The van der Waals surface area contributed by atoms with Crippen LogP contribution in [-0.2, 0) is 32.7 Å². The molecular weight excluding hydrogens is 766 g/mol. The molecular formula is C48H82NO9P. The van der Waals surface area contributed by atoms with Gasteiger partial charge in [0.2, 0.25) is 0 Å². The number of likely N-dealkylation sites (N-methyl/N-ethyl adjacent to an activating group) is 1. The number of aliphatic hydroxyl groups excluding tert-OH is 1. The lowest BCUT2D eigenvalue weighted by atomic mass is 10.1. The number of rotatable bonds is 39. The molecule has 0 fully saturated rings. The van der Waals surface area contributed by atoms with Crippen molar-refractivity contribution in [3.63, 3.8) is 0 Å². The summed E-state index contributed by atoms with van der Waals surface area (Å²) in [6.07, 6.45) is 46.4. The highest BCUT2D eigenvalue weighted by molar-refractivity contribution is 7.45. The molecule has 10 nitrogen and oxygen atoms in total. The van der Waals surface area contributed by atoms with E-state index in [9.17, 15) is 24.2 Å². The largest absolute Gasteiger partial charge is 0.756 e. The third-order valence-corrected chi connectivity index (χ3v) is 9.96. The number of hydrogen-bond acceptors (Lipinski definition) is 9. The number of carbonyl (C=O) groups excluding carboxylic acids is 2. The second kappa shape index (κ2) is 39.3. The lowest BCUT2D eigenvalue weighted by Gasteiger charge is -2.28. The van der Waals surface area contributed by atoms with Gasteiger partial charge in [0.15, 0.2) is 6.10 Å². The standard InChI is InChI=1S/C48H82NO9P/c1-6-8-10-12-14-16-18-20-21-23-25-27-29-31-35-39-47(51)55-43-46(44-57-59(53,54)56-42-41-49(3,4)5)58-48(52)40-36-32-34-38-45(50)37-33-30-28-26-24-22-19-17-15-13-11-9-7-2/h9,11,15,17,20-22,24,28,30,32-34,37,45-46,50H,6-8,10,12-14,16,18-19,23,25-27,29,31,35-36,38-44H2,1-5H3/b11-9-,17-15-,21-20-,24-22-,30-28-,34-32-,37-33-/t45?,46-/m1/s1. The molecule has 0 spiro atoms. The van der Waals surface area contributed by atoms with E-state index in [0.29, 0.717) is 30.3 Å².